The number of carboxylic acid groups (broad SMARTS) is 1. The van der Waals surface area contributed by atoms with E-state index in [2.05, 4.69) is 5.32 Å². The van der Waals surface area contributed by atoms with Crippen LogP contribution in [0.2, 0.25) is 0 Å². The molecule has 0 aliphatic heterocycles. The first-order chi connectivity index (χ1) is 9.34. The maximum Gasteiger partial charge on any atom is 0.328 e. The van der Waals surface area contributed by atoms with Gasteiger partial charge in [0, 0.05) is 6.04 Å². The van der Waals surface area contributed by atoms with Crippen molar-refractivity contribution in [1.29, 1.82) is 0 Å². The minimum Gasteiger partial charge on any atom is -0.480 e. The van der Waals surface area contributed by atoms with Crippen molar-refractivity contribution in [3.8, 4) is 0 Å². The lowest BCUT2D eigenvalue weighted by Gasteiger charge is -2.23. The van der Waals surface area contributed by atoms with Crippen molar-refractivity contribution in [2.24, 2.45) is 11.7 Å². The number of nitrogens with two attached hydrogens (primary N) is 1. The number of hydrogen-bond acceptors (Lipinski definition) is 4. The number of nitrogens with one attached hydrogen (secondary N) is 1. The van der Waals surface area contributed by atoms with Gasteiger partial charge >= 0.3 is 5.97 Å². The van der Waals surface area contributed by atoms with Crippen LogP contribution in [0.3, 0.4) is 0 Å². The quantitative estimate of drug-likeness (QED) is 0.597. The van der Waals surface area contributed by atoms with Gasteiger partial charge in [-0.25, -0.2) is 4.79 Å². The maximum absolute atomic E-state index is 12.0. The van der Waals surface area contributed by atoms with Gasteiger partial charge in [-0.15, -0.1) is 0 Å². The summed E-state index contributed by atoms with van der Waals surface area (Å²) in [6.45, 7) is 2.93. The molecule has 2 unspecified atom stereocenters. The molecule has 1 amide bonds. The first-order valence-electron chi connectivity index (χ1n) is 6.36. The number of carboxylic acids is 1. The van der Waals surface area contributed by atoms with Crippen molar-refractivity contribution >= 4 is 11.9 Å². The Bertz CT molecular complexity index is 462. The number of amides is 1. The largest absolute Gasteiger partial charge is 0.480 e. The van der Waals surface area contributed by atoms with Gasteiger partial charge in [-0.1, -0.05) is 37.3 Å². The van der Waals surface area contributed by atoms with Crippen LogP contribution in [-0.4, -0.2) is 34.2 Å². The van der Waals surface area contributed by atoms with E-state index >= 15 is 0 Å². The predicted molar refractivity (Wildman–Crippen MR) is 73.8 cm³/mol. The van der Waals surface area contributed by atoms with Gasteiger partial charge in [0.15, 0.2) is 6.04 Å². The van der Waals surface area contributed by atoms with E-state index in [9.17, 15) is 14.7 Å². The lowest BCUT2D eigenvalue weighted by molar-refractivity contribution is -0.145. The van der Waals surface area contributed by atoms with Crippen molar-refractivity contribution in [2.75, 3.05) is 0 Å². The number of aliphatic hydroxyl groups excluding tert-OH is 1. The summed E-state index contributed by atoms with van der Waals surface area (Å²) in [6.07, 6.45) is -1.18. The summed E-state index contributed by atoms with van der Waals surface area (Å²) in [4.78, 5) is 22.9. The number of carbonyl (C=O) groups excluding carboxylic acids is 1. The average molecular weight is 280 g/mol. The zero-order valence-electron chi connectivity index (χ0n) is 11.5. The molecule has 20 heavy (non-hydrogen) atoms. The third-order valence-electron chi connectivity index (χ3n) is 3.18. The van der Waals surface area contributed by atoms with Crippen molar-refractivity contribution in [1.82, 2.24) is 5.32 Å². The zero-order valence-corrected chi connectivity index (χ0v) is 11.5. The van der Waals surface area contributed by atoms with Crippen molar-refractivity contribution < 1.29 is 19.8 Å². The molecule has 0 aliphatic rings. The van der Waals surface area contributed by atoms with Gasteiger partial charge in [0.25, 0.3) is 0 Å². The Morgan fingerprint density at radius 2 is 1.75 bits per heavy atom. The average Bonchev–Trinajstić information content (AvgIpc) is 2.43. The minimum atomic E-state index is -1.34. The van der Waals surface area contributed by atoms with E-state index in [0.29, 0.717) is 0 Å². The highest BCUT2D eigenvalue weighted by Crippen LogP contribution is 2.19. The summed E-state index contributed by atoms with van der Waals surface area (Å²) in [5, 5.41) is 20.6. The molecule has 0 saturated heterocycles. The standard InChI is InChI=1S/C14H20N2O4/c1-8(11(15)10-6-4-3-5-7-10)13(18)16-12(9(2)17)14(19)20/h3-9,11-12,17H,15H2,1-2H3,(H,16,18)(H,19,20)/t8?,9-,11?,12+/m1/s1. The topological polar surface area (TPSA) is 113 Å². The van der Waals surface area contributed by atoms with Crippen molar-refractivity contribution in [2.45, 2.75) is 32.0 Å². The Labute approximate surface area is 117 Å². The Balaban J connectivity index is 2.74. The third kappa shape index (κ3) is 4.04. The monoisotopic (exact) mass is 280 g/mol. The summed E-state index contributed by atoms with van der Waals surface area (Å²) in [5.41, 5.74) is 6.79. The van der Waals surface area contributed by atoms with E-state index in [-0.39, 0.29) is 0 Å². The van der Waals surface area contributed by atoms with Gasteiger partial charge < -0.3 is 21.3 Å². The molecule has 0 spiro atoms. The molecule has 0 fully saturated rings. The number of aliphatic hydroxyl groups is 1. The fraction of sp³-hybridized carbons (Fsp3) is 0.429. The molecule has 0 heterocycles. The lowest BCUT2D eigenvalue weighted by Crippen LogP contribution is -2.50. The number of hydrogen-bond donors (Lipinski definition) is 4. The SMILES string of the molecule is CC(C(=O)N[C@H](C(=O)O)[C@@H](C)O)C(N)c1ccccc1. The molecule has 0 aliphatic carbocycles. The fourth-order valence-electron chi connectivity index (χ4n) is 1.80. The Morgan fingerprint density at radius 3 is 2.20 bits per heavy atom. The molecule has 0 bridgehead atoms. The molecule has 1 rings (SSSR count). The summed E-state index contributed by atoms with van der Waals surface area (Å²) >= 11 is 0. The molecule has 1 aromatic carbocycles. The van der Waals surface area contributed by atoms with E-state index in [1.165, 1.54) is 6.92 Å². The van der Waals surface area contributed by atoms with Crippen LogP contribution >= 0.6 is 0 Å². The van der Waals surface area contributed by atoms with Crippen LogP contribution in [0.5, 0.6) is 0 Å². The van der Waals surface area contributed by atoms with Gasteiger partial charge in [-0.05, 0) is 12.5 Å². The second-order valence-electron chi connectivity index (χ2n) is 4.79. The minimum absolute atomic E-state index is 0.505. The van der Waals surface area contributed by atoms with E-state index in [0.717, 1.165) is 5.56 Å². The van der Waals surface area contributed by atoms with Crippen molar-refractivity contribution in [3.63, 3.8) is 0 Å². The number of rotatable bonds is 6. The molecule has 0 radical (unpaired) electrons. The van der Waals surface area contributed by atoms with Crippen LogP contribution < -0.4 is 11.1 Å². The van der Waals surface area contributed by atoms with Crippen LogP contribution in [0.1, 0.15) is 25.5 Å². The predicted octanol–water partition coefficient (Wildman–Crippen LogP) is 0.273. The molecule has 6 heteroatoms. The third-order valence-corrected chi connectivity index (χ3v) is 3.18. The summed E-state index contributed by atoms with van der Waals surface area (Å²) in [7, 11) is 0. The number of carbonyl (C=O) groups is 2. The molecule has 4 atom stereocenters. The highest BCUT2D eigenvalue weighted by atomic mass is 16.4. The first kappa shape index (κ1) is 16.1. The van der Waals surface area contributed by atoms with E-state index in [1.54, 1.807) is 19.1 Å². The maximum atomic E-state index is 12.0. The Hall–Kier alpha value is -1.92. The van der Waals surface area contributed by atoms with Gasteiger partial charge in [-0.3, -0.25) is 4.79 Å². The zero-order chi connectivity index (χ0) is 15.3. The fourth-order valence-corrected chi connectivity index (χ4v) is 1.80. The normalized spacial score (nSPS) is 16.8. The molecular weight excluding hydrogens is 260 g/mol. The summed E-state index contributed by atoms with van der Waals surface area (Å²) in [5.74, 6) is -2.40. The lowest BCUT2D eigenvalue weighted by atomic mass is 9.94. The van der Waals surface area contributed by atoms with Crippen LogP contribution in [-0.2, 0) is 9.59 Å². The van der Waals surface area contributed by atoms with Gasteiger partial charge in [-0.2, -0.15) is 0 Å². The smallest absolute Gasteiger partial charge is 0.328 e. The van der Waals surface area contributed by atoms with Gasteiger partial charge in [0.2, 0.25) is 5.91 Å². The van der Waals surface area contributed by atoms with Crippen LogP contribution in [0, 0.1) is 5.92 Å². The van der Waals surface area contributed by atoms with Crippen molar-refractivity contribution in [3.05, 3.63) is 35.9 Å². The molecule has 6 nitrogen and oxygen atoms in total. The second kappa shape index (κ2) is 7.02. The van der Waals surface area contributed by atoms with Crippen LogP contribution in [0.4, 0.5) is 0 Å². The van der Waals surface area contributed by atoms with E-state index in [1.807, 2.05) is 18.2 Å². The molecule has 5 N–H and O–H groups in total. The molecule has 0 aromatic heterocycles. The van der Waals surface area contributed by atoms with E-state index < -0.39 is 36.0 Å². The number of aliphatic carboxylic acids is 1. The van der Waals surface area contributed by atoms with E-state index in [4.69, 9.17) is 10.8 Å². The molecular formula is C14H20N2O4. The molecule has 110 valence electrons. The Kier molecular flexibility index (Phi) is 5.66. The van der Waals surface area contributed by atoms with Crippen LogP contribution in [0.15, 0.2) is 30.3 Å². The number of benzene rings is 1. The van der Waals surface area contributed by atoms with Crippen LogP contribution in [0.25, 0.3) is 0 Å². The highest BCUT2D eigenvalue weighted by molar-refractivity contribution is 5.85. The van der Waals surface area contributed by atoms with Gasteiger partial charge in [0.1, 0.15) is 0 Å². The molecule has 1 aromatic rings. The Morgan fingerprint density at radius 1 is 1.20 bits per heavy atom. The highest BCUT2D eigenvalue weighted by Gasteiger charge is 2.29. The van der Waals surface area contributed by atoms with Gasteiger partial charge in [0.05, 0.1) is 12.0 Å². The summed E-state index contributed by atoms with van der Waals surface area (Å²) in [6, 6.07) is 7.20. The second-order valence-corrected chi connectivity index (χ2v) is 4.79. The molecule has 0 saturated carbocycles. The first-order valence-corrected chi connectivity index (χ1v) is 6.36. The summed E-state index contributed by atoms with van der Waals surface area (Å²) < 4.78 is 0.